The predicted octanol–water partition coefficient (Wildman–Crippen LogP) is 0.426. The molecule has 6 nitrogen and oxygen atoms in total. The van der Waals surface area contributed by atoms with Crippen LogP contribution in [0.5, 0.6) is 0 Å². The lowest BCUT2D eigenvalue weighted by molar-refractivity contribution is -0.137. The van der Waals surface area contributed by atoms with Gasteiger partial charge in [-0.05, 0) is 18.8 Å². The van der Waals surface area contributed by atoms with E-state index in [9.17, 15) is 9.59 Å². The van der Waals surface area contributed by atoms with Gasteiger partial charge in [0.2, 0.25) is 11.8 Å². The van der Waals surface area contributed by atoms with Gasteiger partial charge in [-0.1, -0.05) is 6.92 Å². The average molecular weight is 323 g/mol. The number of morpholine rings is 1. The molecule has 0 N–H and O–H groups in total. The minimum atomic E-state index is -0.127. The van der Waals surface area contributed by atoms with Gasteiger partial charge in [0.15, 0.2) is 0 Å². The highest BCUT2D eigenvalue weighted by Crippen LogP contribution is 2.23. The summed E-state index contributed by atoms with van der Waals surface area (Å²) in [5, 5.41) is 0. The van der Waals surface area contributed by atoms with Crippen molar-refractivity contribution in [2.24, 2.45) is 11.8 Å². The van der Waals surface area contributed by atoms with Crippen molar-refractivity contribution >= 4 is 11.8 Å². The van der Waals surface area contributed by atoms with Crippen molar-refractivity contribution in [1.82, 2.24) is 14.7 Å². The quantitative estimate of drug-likeness (QED) is 0.753. The molecule has 0 aromatic rings. The molecule has 6 heteroatoms. The largest absolute Gasteiger partial charge is 0.379 e. The van der Waals surface area contributed by atoms with Gasteiger partial charge in [0.1, 0.15) is 0 Å². The number of hydrogen-bond donors (Lipinski definition) is 0. The van der Waals surface area contributed by atoms with Crippen LogP contribution in [0.15, 0.2) is 0 Å². The van der Waals surface area contributed by atoms with Crippen LogP contribution < -0.4 is 0 Å². The molecule has 0 aromatic heterocycles. The number of ether oxygens (including phenoxy) is 1. The highest BCUT2D eigenvalue weighted by molar-refractivity contribution is 5.89. The van der Waals surface area contributed by atoms with Crippen LogP contribution in [0.4, 0.5) is 0 Å². The van der Waals surface area contributed by atoms with E-state index in [0.717, 1.165) is 58.9 Å². The van der Waals surface area contributed by atoms with Crippen molar-refractivity contribution in [2.75, 3.05) is 59.0 Å². The number of carbonyl (C=O) groups is 2. The predicted molar refractivity (Wildman–Crippen MR) is 86.9 cm³/mol. The Labute approximate surface area is 138 Å². The maximum absolute atomic E-state index is 12.7. The Balaban J connectivity index is 1.47. The SMILES string of the molecule is CC1CCCN(C(=O)C2CC(=O)N(CCN3CCOCC3)C2)C1. The van der Waals surface area contributed by atoms with Crippen LogP contribution in [0.1, 0.15) is 26.2 Å². The number of piperidine rings is 1. The Kier molecular flexibility index (Phi) is 5.54. The Morgan fingerprint density at radius 1 is 1.17 bits per heavy atom. The fourth-order valence-electron chi connectivity index (χ4n) is 3.89. The summed E-state index contributed by atoms with van der Waals surface area (Å²) in [6.07, 6.45) is 2.69. The van der Waals surface area contributed by atoms with Crippen LogP contribution in [0.25, 0.3) is 0 Å². The highest BCUT2D eigenvalue weighted by atomic mass is 16.5. The number of nitrogens with zero attached hydrogens (tertiary/aromatic N) is 3. The minimum Gasteiger partial charge on any atom is -0.379 e. The van der Waals surface area contributed by atoms with Crippen LogP contribution in [-0.4, -0.2) is 85.5 Å². The van der Waals surface area contributed by atoms with Crippen molar-refractivity contribution in [2.45, 2.75) is 26.2 Å². The molecular weight excluding hydrogens is 294 g/mol. The van der Waals surface area contributed by atoms with E-state index in [0.29, 0.717) is 18.9 Å². The second-order valence-electron chi connectivity index (χ2n) is 7.23. The molecule has 0 aromatic carbocycles. The maximum Gasteiger partial charge on any atom is 0.228 e. The van der Waals surface area contributed by atoms with Gasteiger partial charge in [-0.2, -0.15) is 0 Å². The second-order valence-corrected chi connectivity index (χ2v) is 7.23. The Bertz CT molecular complexity index is 437. The molecule has 2 atom stereocenters. The Hall–Kier alpha value is -1.14. The van der Waals surface area contributed by atoms with Gasteiger partial charge in [0.05, 0.1) is 19.1 Å². The summed E-state index contributed by atoms with van der Waals surface area (Å²) in [5.74, 6) is 0.792. The third-order valence-electron chi connectivity index (χ3n) is 5.32. The van der Waals surface area contributed by atoms with E-state index >= 15 is 0 Å². The molecule has 0 aliphatic carbocycles. The Morgan fingerprint density at radius 2 is 1.96 bits per heavy atom. The molecule has 0 saturated carbocycles. The molecule has 2 unspecified atom stereocenters. The van der Waals surface area contributed by atoms with E-state index < -0.39 is 0 Å². The summed E-state index contributed by atoms with van der Waals surface area (Å²) in [5.41, 5.74) is 0. The van der Waals surface area contributed by atoms with E-state index in [2.05, 4.69) is 11.8 Å². The minimum absolute atomic E-state index is 0.127. The summed E-state index contributed by atoms with van der Waals surface area (Å²) in [7, 11) is 0. The van der Waals surface area contributed by atoms with Gasteiger partial charge in [0.25, 0.3) is 0 Å². The molecule has 3 aliphatic heterocycles. The number of rotatable bonds is 4. The molecule has 0 radical (unpaired) electrons. The zero-order chi connectivity index (χ0) is 16.2. The van der Waals surface area contributed by atoms with E-state index in [1.807, 2.05) is 9.80 Å². The summed E-state index contributed by atoms with van der Waals surface area (Å²) >= 11 is 0. The highest BCUT2D eigenvalue weighted by Gasteiger charge is 2.37. The lowest BCUT2D eigenvalue weighted by atomic mass is 9.98. The zero-order valence-corrected chi connectivity index (χ0v) is 14.2. The lowest BCUT2D eigenvalue weighted by Crippen LogP contribution is -2.44. The Morgan fingerprint density at radius 3 is 2.70 bits per heavy atom. The first-order valence-corrected chi connectivity index (χ1v) is 9.00. The van der Waals surface area contributed by atoms with Crippen molar-refractivity contribution in [1.29, 1.82) is 0 Å². The maximum atomic E-state index is 12.7. The third kappa shape index (κ3) is 4.23. The monoisotopic (exact) mass is 323 g/mol. The van der Waals surface area contributed by atoms with E-state index in [4.69, 9.17) is 4.74 Å². The van der Waals surface area contributed by atoms with Gasteiger partial charge in [-0.3, -0.25) is 14.5 Å². The number of amides is 2. The molecular formula is C17H29N3O3. The van der Waals surface area contributed by atoms with Gasteiger partial charge in [0, 0.05) is 52.2 Å². The smallest absolute Gasteiger partial charge is 0.228 e. The van der Waals surface area contributed by atoms with Crippen LogP contribution in [0.3, 0.4) is 0 Å². The van der Waals surface area contributed by atoms with Crippen LogP contribution in [-0.2, 0) is 14.3 Å². The van der Waals surface area contributed by atoms with E-state index in [-0.39, 0.29) is 17.7 Å². The van der Waals surface area contributed by atoms with Crippen molar-refractivity contribution in [3.05, 3.63) is 0 Å². The summed E-state index contributed by atoms with van der Waals surface area (Å²) in [6, 6.07) is 0. The molecule has 3 heterocycles. The number of hydrogen-bond acceptors (Lipinski definition) is 4. The second kappa shape index (κ2) is 7.62. The molecule has 3 rings (SSSR count). The van der Waals surface area contributed by atoms with E-state index in [1.54, 1.807) is 0 Å². The average Bonchev–Trinajstić information content (AvgIpc) is 2.94. The zero-order valence-electron chi connectivity index (χ0n) is 14.2. The lowest BCUT2D eigenvalue weighted by Gasteiger charge is -2.32. The first-order chi connectivity index (χ1) is 11.1. The fraction of sp³-hybridized carbons (Fsp3) is 0.882. The van der Waals surface area contributed by atoms with Gasteiger partial charge < -0.3 is 14.5 Å². The molecule has 0 spiro atoms. The van der Waals surface area contributed by atoms with Crippen LogP contribution in [0, 0.1) is 11.8 Å². The number of carbonyl (C=O) groups excluding carboxylic acids is 2. The van der Waals surface area contributed by atoms with Crippen molar-refractivity contribution in [3.8, 4) is 0 Å². The fourth-order valence-corrected chi connectivity index (χ4v) is 3.89. The molecule has 3 aliphatic rings. The molecule has 3 fully saturated rings. The van der Waals surface area contributed by atoms with Crippen LogP contribution in [0.2, 0.25) is 0 Å². The molecule has 3 saturated heterocycles. The van der Waals surface area contributed by atoms with Crippen molar-refractivity contribution in [3.63, 3.8) is 0 Å². The summed E-state index contributed by atoms with van der Waals surface area (Å²) in [6.45, 7) is 9.59. The van der Waals surface area contributed by atoms with E-state index in [1.165, 1.54) is 6.42 Å². The van der Waals surface area contributed by atoms with Gasteiger partial charge in [-0.15, -0.1) is 0 Å². The first-order valence-electron chi connectivity index (χ1n) is 9.00. The van der Waals surface area contributed by atoms with Gasteiger partial charge >= 0.3 is 0 Å². The molecule has 23 heavy (non-hydrogen) atoms. The third-order valence-corrected chi connectivity index (χ3v) is 5.32. The summed E-state index contributed by atoms with van der Waals surface area (Å²) < 4.78 is 5.34. The van der Waals surface area contributed by atoms with Gasteiger partial charge in [-0.25, -0.2) is 0 Å². The standard InChI is InChI=1S/C17H29N3O3/c1-14-3-2-4-20(12-14)17(22)15-11-16(21)19(13-15)6-5-18-7-9-23-10-8-18/h14-15H,2-13H2,1H3. The topological polar surface area (TPSA) is 53.1 Å². The molecule has 0 bridgehead atoms. The summed E-state index contributed by atoms with van der Waals surface area (Å²) in [4.78, 5) is 31.1. The normalized spacial score (nSPS) is 30.0. The van der Waals surface area contributed by atoms with Crippen molar-refractivity contribution < 1.29 is 14.3 Å². The first kappa shape index (κ1) is 16.7. The molecule has 130 valence electrons. The molecule has 2 amide bonds. The van der Waals surface area contributed by atoms with Crippen LogP contribution >= 0.6 is 0 Å². The number of likely N-dealkylation sites (tertiary alicyclic amines) is 2.